The summed E-state index contributed by atoms with van der Waals surface area (Å²) in [4.78, 5) is 14.2. The van der Waals surface area contributed by atoms with Gasteiger partial charge >= 0.3 is 0 Å². The average Bonchev–Trinajstić information content (AvgIpc) is 2.67. The second-order valence-corrected chi connectivity index (χ2v) is 6.66. The molecular formula is C16H31N3O. The van der Waals surface area contributed by atoms with E-state index in [1.165, 1.54) is 25.7 Å². The molecule has 0 aromatic carbocycles. The fourth-order valence-corrected chi connectivity index (χ4v) is 3.56. The molecule has 20 heavy (non-hydrogen) atoms. The molecule has 1 aliphatic carbocycles. The lowest BCUT2D eigenvalue weighted by Gasteiger charge is -2.26. The number of hydrogen-bond donors (Lipinski definition) is 2. The average molecular weight is 281 g/mol. The molecule has 1 saturated heterocycles. The Kier molecular flexibility index (Phi) is 6.80. The fraction of sp³-hybridized carbons (Fsp3) is 0.938. The summed E-state index contributed by atoms with van der Waals surface area (Å²) in [6.45, 7) is 7.92. The van der Waals surface area contributed by atoms with Crippen molar-refractivity contribution in [1.82, 2.24) is 15.5 Å². The minimum atomic E-state index is 0.204. The maximum atomic E-state index is 12.0. The van der Waals surface area contributed by atoms with E-state index < -0.39 is 0 Å². The van der Waals surface area contributed by atoms with Gasteiger partial charge in [0.2, 0.25) is 5.91 Å². The first kappa shape index (κ1) is 15.8. The molecule has 1 saturated carbocycles. The highest BCUT2D eigenvalue weighted by molar-refractivity contribution is 5.77. The molecule has 0 radical (unpaired) electrons. The number of rotatable bonds is 5. The molecule has 0 aromatic heterocycles. The standard InChI is InChI=1S/C16H31N3O/c1-14-4-2-5-15(12-14)6-8-18-16(20)13-19-10-3-7-17-9-11-19/h14-15,17H,2-13H2,1H3,(H,18,20). The summed E-state index contributed by atoms with van der Waals surface area (Å²) >= 11 is 0. The normalized spacial score (nSPS) is 28.9. The van der Waals surface area contributed by atoms with E-state index in [2.05, 4.69) is 22.5 Å². The highest BCUT2D eigenvalue weighted by atomic mass is 16.2. The third-order valence-electron chi connectivity index (χ3n) is 4.72. The molecule has 0 spiro atoms. The van der Waals surface area contributed by atoms with E-state index in [9.17, 15) is 4.79 Å². The van der Waals surface area contributed by atoms with Crippen molar-refractivity contribution in [2.75, 3.05) is 39.3 Å². The Morgan fingerprint density at radius 1 is 1.25 bits per heavy atom. The Bertz CT molecular complexity index is 287. The SMILES string of the molecule is CC1CCCC(CCNC(=O)CN2CCCNCC2)C1. The predicted molar refractivity (Wildman–Crippen MR) is 82.7 cm³/mol. The number of nitrogens with one attached hydrogen (secondary N) is 2. The first-order valence-electron chi connectivity index (χ1n) is 8.44. The number of carbonyl (C=O) groups excluding carboxylic acids is 1. The molecule has 116 valence electrons. The van der Waals surface area contributed by atoms with Crippen molar-refractivity contribution in [3.8, 4) is 0 Å². The van der Waals surface area contributed by atoms with Crippen LogP contribution < -0.4 is 10.6 Å². The molecule has 0 aromatic rings. The summed E-state index contributed by atoms with van der Waals surface area (Å²) < 4.78 is 0. The minimum absolute atomic E-state index is 0.204. The molecule has 4 heteroatoms. The molecule has 2 atom stereocenters. The van der Waals surface area contributed by atoms with Crippen LogP contribution >= 0.6 is 0 Å². The first-order valence-corrected chi connectivity index (χ1v) is 8.44. The predicted octanol–water partition coefficient (Wildman–Crippen LogP) is 1.61. The second-order valence-electron chi connectivity index (χ2n) is 6.66. The van der Waals surface area contributed by atoms with Gasteiger partial charge < -0.3 is 10.6 Å². The Morgan fingerprint density at radius 3 is 3.00 bits per heavy atom. The van der Waals surface area contributed by atoms with Crippen LogP contribution in [0, 0.1) is 11.8 Å². The van der Waals surface area contributed by atoms with E-state index in [0.717, 1.165) is 57.4 Å². The molecule has 1 heterocycles. The zero-order chi connectivity index (χ0) is 14.2. The first-order chi connectivity index (χ1) is 9.74. The lowest BCUT2D eigenvalue weighted by molar-refractivity contribution is -0.122. The van der Waals surface area contributed by atoms with E-state index in [-0.39, 0.29) is 5.91 Å². The van der Waals surface area contributed by atoms with Gasteiger partial charge in [-0.2, -0.15) is 0 Å². The van der Waals surface area contributed by atoms with Crippen LogP contribution in [0.25, 0.3) is 0 Å². The number of hydrogen-bond acceptors (Lipinski definition) is 3. The molecule has 4 nitrogen and oxygen atoms in total. The highest BCUT2D eigenvalue weighted by Crippen LogP contribution is 2.30. The molecule has 2 N–H and O–H groups in total. The van der Waals surface area contributed by atoms with Crippen molar-refractivity contribution in [2.45, 2.75) is 45.4 Å². The Labute approximate surface area is 123 Å². The second kappa shape index (κ2) is 8.63. The van der Waals surface area contributed by atoms with Crippen molar-refractivity contribution >= 4 is 5.91 Å². The largest absolute Gasteiger partial charge is 0.355 e. The Hall–Kier alpha value is -0.610. The van der Waals surface area contributed by atoms with Gasteiger partial charge in [-0.05, 0) is 44.2 Å². The van der Waals surface area contributed by atoms with Gasteiger partial charge in [0.05, 0.1) is 6.54 Å². The number of nitrogens with zero attached hydrogens (tertiary/aromatic N) is 1. The van der Waals surface area contributed by atoms with Crippen molar-refractivity contribution in [1.29, 1.82) is 0 Å². The third kappa shape index (κ3) is 5.80. The minimum Gasteiger partial charge on any atom is -0.355 e. The monoisotopic (exact) mass is 281 g/mol. The van der Waals surface area contributed by atoms with Crippen molar-refractivity contribution in [3.05, 3.63) is 0 Å². The summed E-state index contributed by atoms with van der Waals surface area (Å²) in [7, 11) is 0. The zero-order valence-corrected chi connectivity index (χ0v) is 13.0. The van der Waals surface area contributed by atoms with Gasteiger partial charge in [0.15, 0.2) is 0 Å². The highest BCUT2D eigenvalue weighted by Gasteiger charge is 2.19. The van der Waals surface area contributed by atoms with E-state index in [4.69, 9.17) is 0 Å². The van der Waals surface area contributed by atoms with Crippen molar-refractivity contribution < 1.29 is 4.79 Å². The lowest BCUT2D eigenvalue weighted by Crippen LogP contribution is -2.39. The van der Waals surface area contributed by atoms with E-state index >= 15 is 0 Å². The molecule has 1 aliphatic heterocycles. The van der Waals surface area contributed by atoms with Crippen LogP contribution in [-0.4, -0.2) is 50.1 Å². The summed E-state index contributed by atoms with van der Waals surface area (Å²) in [5, 5.41) is 6.48. The van der Waals surface area contributed by atoms with Gasteiger partial charge in [0.25, 0.3) is 0 Å². The molecule has 2 fully saturated rings. The van der Waals surface area contributed by atoms with Crippen molar-refractivity contribution in [2.24, 2.45) is 11.8 Å². The van der Waals surface area contributed by atoms with Gasteiger partial charge in [0, 0.05) is 19.6 Å². The maximum Gasteiger partial charge on any atom is 0.234 e. The van der Waals surface area contributed by atoms with Crippen LogP contribution in [0.3, 0.4) is 0 Å². The smallest absolute Gasteiger partial charge is 0.234 e. The molecule has 2 unspecified atom stereocenters. The Morgan fingerprint density at radius 2 is 2.15 bits per heavy atom. The summed E-state index contributed by atoms with van der Waals surface area (Å²) in [6, 6.07) is 0. The molecule has 1 amide bonds. The third-order valence-corrected chi connectivity index (χ3v) is 4.72. The topological polar surface area (TPSA) is 44.4 Å². The van der Waals surface area contributed by atoms with Gasteiger partial charge in [-0.3, -0.25) is 9.69 Å². The van der Waals surface area contributed by atoms with Gasteiger partial charge in [-0.15, -0.1) is 0 Å². The van der Waals surface area contributed by atoms with Crippen LogP contribution in [0.2, 0.25) is 0 Å². The number of amides is 1. The molecule has 0 bridgehead atoms. The van der Waals surface area contributed by atoms with E-state index in [0.29, 0.717) is 6.54 Å². The van der Waals surface area contributed by atoms with Crippen LogP contribution in [0.1, 0.15) is 45.4 Å². The van der Waals surface area contributed by atoms with Crippen LogP contribution in [-0.2, 0) is 4.79 Å². The van der Waals surface area contributed by atoms with Gasteiger partial charge in [-0.25, -0.2) is 0 Å². The summed E-state index contributed by atoms with van der Waals surface area (Å²) in [5.74, 6) is 1.92. The van der Waals surface area contributed by atoms with Gasteiger partial charge in [-0.1, -0.05) is 26.2 Å². The van der Waals surface area contributed by atoms with Gasteiger partial charge in [0.1, 0.15) is 0 Å². The molecular weight excluding hydrogens is 250 g/mol. The lowest BCUT2D eigenvalue weighted by atomic mass is 9.81. The van der Waals surface area contributed by atoms with E-state index in [1.54, 1.807) is 0 Å². The zero-order valence-electron chi connectivity index (χ0n) is 13.0. The Balaban J connectivity index is 1.57. The fourth-order valence-electron chi connectivity index (χ4n) is 3.56. The number of carbonyl (C=O) groups is 1. The maximum absolute atomic E-state index is 12.0. The summed E-state index contributed by atoms with van der Waals surface area (Å²) in [6.07, 6.45) is 7.79. The van der Waals surface area contributed by atoms with Crippen LogP contribution in [0.5, 0.6) is 0 Å². The summed E-state index contributed by atoms with van der Waals surface area (Å²) in [5.41, 5.74) is 0. The van der Waals surface area contributed by atoms with E-state index in [1.807, 2.05) is 0 Å². The van der Waals surface area contributed by atoms with Crippen molar-refractivity contribution in [3.63, 3.8) is 0 Å². The van der Waals surface area contributed by atoms with Crippen LogP contribution in [0.15, 0.2) is 0 Å². The van der Waals surface area contributed by atoms with Crippen LogP contribution in [0.4, 0.5) is 0 Å². The quantitative estimate of drug-likeness (QED) is 0.805. The molecule has 2 rings (SSSR count). The molecule has 2 aliphatic rings.